The number of halogens is 1. The van der Waals surface area contributed by atoms with E-state index < -0.39 is 0 Å². The summed E-state index contributed by atoms with van der Waals surface area (Å²) in [5.74, 6) is 1.20. The second kappa shape index (κ2) is 5.50. The van der Waals surface area contributed by atoms with E-state index in [0.29, 0.717) is 16.9 Å². The molecule has 0 saturated heterocycles. The van der Waals surface area contributed by atoms with Gasteiger partial charge in [0, 0.05) is 18.3 Å². The Morgan fingerprint density at radius 2 is 1.94 bits per heavy atom. The van der Waals surface area contributed by atoms with E-state index in [1.807, 2.05) is 37.3 Å². The number of nitrogens with one attached hydrogen (secondary N) is 2. The van der Waals surface area contributed by atoms with Gasteiger partial charge in [-0.1, -0.05) is 29.8 Å². The molecule has 2 aromatic rings. The summed E-state index contributed by atoms with van der Waals surface area (Å²) in [7, 11) is 0. The van der Waals surface area contributed by atoms with Gasteiger partial charge in [0.05, 0.1) is 0 Å². The van der Waals surface area contributed by atoms with Gasteiger partial charge in [-0.05, 0) is 19.1 Å². The van der Waals surface area contributed by atoms with E-state index in [2.05, 4.69) is 20.6 Å². The minimum Gasteiger partial charge on any atom is -0.354 e. The standard InChI is InChI=1S/C12H13ClN4/c1-2-14-12-16-10(13)8-11(17-12)15-9-6-4-3-5-7-9/h3-8H,2H2,1H3,(H2,14,15,16,17). The van der Waals surface area contributed by atoms with Crippen LogP contribution in [0.25, 0.3) is 0 Å². The molecule has 0 aliphatic rings. The normalized spacial score (nSPS) is 10.0. The van der Waals surface area contributed by atoms with E-state index >= 15 is 0 Å². The summed E-state index contributed by atoms with van der Waals surface area (Å²) in [4.78, 5) is 8.37. The van der Waals surface area contributed by atoms with E-state index in [4.69, 9.17) is 11.6 Å². The summed E-state index contributed by atoms with van der Waals surface area (Å²) in [5.41, 5.74) is 0.963. The Balaban J connectivity index is 2.21. The minimum atomic E-state index is 0.411. The lowest BCUT2D eigenvalue weighted by molar-refractivity contribution is 1.09. The Hall–Kier alpha value is -1.81. The average Bonchev–Trinajstić information content (AvgIpc) is 2.30. The molecular formula is C12H13ClN4. The number of hydrogen-bond acceptors (Lipinski definition) is 4. The number of nitrogens with zero attached hydrogens (tertiary/aromatic N) is 2. The Labute approximate surface area is 105 Å². The van der Waals surface area contributed by atoms with E-state index in [-0.39, 0.29) is 0 Å². The zero-order valence-electron chi connectivity index (χ0n) is 9.44. The van der Waals surface area contributed by atoms with Gasteiger partial charge in [0.15, 0.2) is 0 Å². The molecule has 1 aromatic carbocycles. The lowest BCUT2D eigenvalue weighted by Crippen LogP contribution is -2.04. The van der Waals surface area contributed by atoms with Crippen LogP contribution < -0.4 is 10.6 Å². The van der Waals surface area contributed by atoms with Gasteiger partial charge in [0.1, 0.15) is 11.0 Å². The van der Waals surface area contributed by atoms with Crippen molar-refractivity contribution in [3.63, 3.8) is 0 Å². The van der Waals surface area contributed by atoms with Crippen molar-refractivity contribution in [1.82, 2.24) is 9.97 Å². The molecule has 0 fully saturated rings. The SMILES string of the molecule is CCNc1nc(Cl)cc(Nc2ccccc2)n1. The maximum atomic E-state index is 5.92. The predicted molar refractivity (Wildman–Crippen MR) is 70.9 cm³/mol. The second-order valence-corrected chi connectivity index (χ2v) is 3.81. The number of para-hydroxylation sites is 1. The second-order valence-electron chi connectivity index (χ2n) is 3.42. The lowest BCUT2D eigenvalue weighted by atomic mass is 10.3. The highest BCUT2D eigenvalue weighted by atomic mass is 35.5. The smallest absolute Gasteiger partial charge is 0.226 e. The topological polar surface area (TPSA) is 49.8 Å². The van der Waals surface area contributed by atoms with Crippen LogP contribution in [-0.4, -0.2) is 16.5 Å². The zero-order chi connectivity index (χ0) is 12.1. The fourth-order valence-electron chi connectivity index (χ4n) is 1.39. The summed E-state index contributed by atoms with van der Waals surface area (Å²) in [5, 5.41) is 6.61. The molecule has 88 valence electrons. The Bertz CT molecular complexity index is 487. The number of anilines is 3. The number of rotatable bonds is 4. The van der Waals surface area contributed by atoms with Crippen molar-refractivity contribution in [2.45, 2.75) is 6.92 Å². The first-order valence-electron chi connectivity index (χ1n) is 5.38. The minimum absolute atomic E-state index is 0.411. The summed E-state index contributed by atoms with van der Waals surface area (Å²) in [6, 6.07) is 11.5. The average molecular weight is 249 g/mol. The van der Waals surface area contributed by atoms with Gasteiger partial charge in [-0.2, -0.15) is 4.98 Å². The largest absolute Gasteiger partial charge is 0.354 e. The van der Waals surface area contributed by atoms with E-state index in [1.54, 1.807) is 6.07 Å². The molecule has 0 saturated carbocycles. The van der Waals surface area contributed by atoms with Gasteiger partial charge in [-0.25, -0.2) is 4.98 Å². The maximum absolute atomic E-state index is 5.92. The Morgan fingerprint density at radius 1 is 1.18 bits per heavy atom. The first kappa shape index (κ1) is 11.7. The third-order valence-corrected chi connectivity index (χ3v) is 2.27. The zero-order valence-corrected chi connectivity index (χ0v) is 10.2. The molecule has 0 amide bonds. The molecule has 2 rings (SSSR count). The third kappa shape index (κ3) is 3.32. The van der Waals surface area contributed by atoms with Gasteiger partial charge in [-0.3, -0.25) is 0 Å². The summed E-state index contributed by atoms with van der Waals surface area (Å²) in [6.45, 7) is 2.74. The van der Waals surface area contributed by atoms with E-state index in [0.717, 1.165) is 12.2 Å². The molecule has 0 aliphatic heterocycles. The molecule has 2 N–H and O–H groups in total. The van der Waals surface area contributed by atoms with Crippen molar-refractivity contribution in [2.24, 2.45) is 0 Å². The number of hydrogen-bond donors (Lipinski definition) is 2. The summed E-state index contributed by atoms with van der Waals surface area (Å²) < 4.78 is 0. The quantitative estimate of drug-likeness (QED) is 0.815. The summed E-state index contributed by atoms with van der Waals surface area (Å²) >= 11 is 5.92. The molecule has 0 aliphatic carbocycles. The van der Waals surface area contributed by atoms with Crippen molar-refractivity contribution < 1.29 is 0 Å². The first-order chi connectivity index (χ1) is 8.28. The molecule has 17 heavy (non-hydrogen) atoms. The van der Waals surface area contributed by atoms with Crippen molar-refractivity contribution in [2.75, 3.05) is 17.2 Å². The fourth-order valence-corrected chi connectivity index (χ4v) is 1.57. The van der Waals surface area contributed by atoms with Gasteiger partial charge in [0.2, 0.25) is 5.95 Å². The monoisotopic (exact) mass is 248 g/mol. The summed E-state index contributed by atoms with van der Waals surface area (Å²) in [6.07, 6.45) is 0. The molecule has 0 radical (unpaired) electrons. The van der Waals surface area contributed by atoms with Crippen LogP contribution in [0.1, 0.15) is 6.92 Å². The third-order valence-electron chi connectivity index (χ3n) is 2.08. The molecule has 1 heterocycles. The number of benzene rings is 1. The lowest BCUT2D eigenvalue weighted by Gasteiger charge is -2.08. The first-order valence-corrected chi connectivity index (χ1v) is 5.76. The molecule has 0 bridgehead atoms. The molecule has 0 atom stereocenters. The highest BCUT2D eigenvalue weighted by Crippen LogP contribution is 2.18. The highest BCUT2D eigenvalue weighted by molar-refractivity contribution is 6.29. The Morgan fingerprint density at radius 3 is 2.65 bits per heavy atom. The molecule has 0 spiro atoms. The fraction of sp³-hybridized carbons (Fsp3) is 0.167. The van der Waals surface area contributed by atoms with Gasteiger partial charge < -0.3 is 10.6 Å². The highest BCUT2D eigenvalue weighted by Gasteiger charge is 2.02. The van der Waals surface area contributed by atoms with Crippen LogP contribution in [0, 0.1) is 0 Å². The van der Waals surface area contributed by atoms with E-state index in [9.17, 15) is 0 Å². The van der Waals surface area contributed by atoms with Crippen LogP contribution in [-0.2, 0) is 0 Å². The Kier molecular flexibility index (Phi) is 3.77. The van der Waals surface area contributed by atoms with Crippen LogP contribution in [0.15, 0.2) is 36.4 Å². The predicted octanol–water partition coefficient (Wildman–Crippen LogP) is 3.31. The van der Waals surface area contributed by atoms with Crippen molar-refractivity contribution >= 4 is 29.1 Å². The van der Waals surface area contributed by atoms with Crippen LogP contribution in [0.2, 0.25) is 5.15 Å². The van der Waals surface area contributed by atoms with Crippen LogP contribution >= 0.6 is 11.6 Å². The van der Waals surface area contributed by atoms with Crippen LogP contribution in [0.5, 0.6) is 0 Å². The van der Waals surface area contributed by atoms with Gasteiger partial charge >= 0.3 is 0 Å². The molecule has 5 heteroatoms. The van der Waals surface area contributed by atoms with Crippen LogP contribution in [0.4, 0.5) is 17.5 Å². The van der Waals surface area contributed by atoms with Crippen molar-refractivity contribution in [3.05, 3.63) is 41.6 Å². The van der Waals surface area contributed by atoms with E-state index in [1.165, 1.54) is 0 Å². The maximum Gasteiger partial charge on any atom is 0.226 e. The number of aromatic nitrogens is 2. The van der Waals surface area contributed by atoms with Crippen molar-refractivity contribution in [3.8, 4) is 0 Å². The molecular weight excluding hydrogens is 236 g/mol. The molecule has 1 aromatic heterocycles. The van der Waals surface area contributed by atoms with Gasteiger partial charge in [0.25, 0.3) is 0 Å². The molecule has 4 nitrogen and oxygen atoms in total. The van der Waals surface area contributed by atoms with Gasteiger partial charge in [-0.15, -0.1) is 0 Å². The molecule has 0 unspecified atom stereocenters. The van der Waals surface area contributed by atoms with Crippen LogP contribution in [0.3, 0.4) is 0 Å². The van der Waals surface area contributed by atoms with Crippen molar-refractivity contribution in [1.29, 1.82) is 0 Å².